The topological polar surface area (TPSA) is 92.0 Å². The fourth-order valence-electron chi connectivity index (χ4n) is 3.52. The second-order valence-corrected chi connectivity index (χ2v) is 7.88. The van der Waals surface area contributed by atoms with Gasteiger partial charge in [-0.1, -0.05) is 0 Å². The Kier molecular flexibility index (Phi) is 7.84. The Morgan fingerprint density at radius 1 is 1.22 bits per heavy atom. The van der Waals surface area contributed by atoms with Crippen molar-refractivity contribution in [3.8, 4) is 22.9 Å². The van der Waals surface area contributed by atoms with Gasteiger partial charge in [0.15, 0.2) is 0 Å². The standard InChI is InChI=1S/C22H23F6N5O3/c1-3-32(20(35)31-17(22(26,27)28)4-6-21(23,24)25)12-13-8-16(19(34)29-11-13)14-9-15-5-7-30-33(15)18(10-14)36-2/h5,7-11,17H,3-4,6,12H2,1-2H3,(H,29,34)(H,31,35). The number of aromatic nitrogens is 3. The third kappa shape index (κ3) is 6.49. The Balaban J connectivity index is 1.82. The number of carbonyl (C=O) groups is 1. The summed E-state index contributed by atoms with van der Waals surface area (Å²) in [6.45, 7) is 1.26. The van der Waals surface area contributed by atoms with Gasteiger partial charge in [0.2, 0.25) is 11.8 Å². The van der Waals surface area contributed by atoms with E-state index in [1.54, 1.807) is 29.7 Å². The molecule has 0 aromatic carbocycles. The van der Waals surface area contributed by atoms with Crippen LogP contribution in [0.1, 0.15) is 25.3 Å². The molecule has 3 rings (SSSR count). The lowest BCUT2D eigenvalue weighted by molar-refractivity contribution is -0.171. The third-order valence-corrected chi connectivity index (χ3v) is 5.36. The van der Waals surface area contributed by atoms with Crippen LogP contribution < -0.4 is 10.1 Å². The van der Waals surface area contributed by atoms with Crippen molar-refractivity contribution in [2.45, 2.75) is 44.7 Å². The first-order valence-corrected chi connectivity index (χ1v) is 10.7. The Morgan fingerprint density at radius 2 is 1.94 bits per heavy atom. The highest BCUT2D eigenvalue weighted by molar-refractivity contribution is 5.76. The van der Waals surface area contributed by atoms with Crippen molar-refractivity contribution < 1.29 is 41.0 Å². The van der Waals surface area contributed by atoms with E-state index in [0.29, 0.717) is 22.5 Å². The molecular weight excluding hydrogens is 496 g/mol. The van der Waals surface area contributed by atoms with Gasteiger partial charge >= 0.3 is 18.4 Å². The Labute approximate surface area is 201 Å². The monoisotopic (exact) mass is 519 g/mol. The molecule has 0 bridgehead atoms. The van der Waals surface area contributed by atoms with Gasteiger partial charge in [-0.05, 0) is 42.7 Å². The molecular formula is C22H23F6N5O3. The number of fused-ring (bicyclic) bond motifs is 1. The van der Waals surface area contributed by atoms with Crippen LogP contribution in [0.2, 0.25) is 0 Å². The third-order valence-electron chi connectivity index (χ3n) is 5.36. The normalized spacial score (nSPS) is 13.0. The van der Waals surface area contributed by atoms with Crippen molar-refractivity contribution >= 4 is 11.5 Å². The zero-order valence-corrected chi connectivity index (χ0v) is 19.2. The van der Waals surface area contributed by atoms with Crippen molar-refractivity contribution in [1.29, 1.82) is 0 Å². The molecule has 3 aromatic heterocycles. The zero-order chi connectivity index (χ0) is 26.7. The number of ether oxygens (including phenoxy) is 1. The Hall–Kier alpha value is -3.71. The second kappa shape index (κ2) is 10.5. The number of rotatable bonds is 8. The number of pyridine rings is 2. The van der Waals surface area contributed by atoms with E-state index in [0.717, 1.165) is 4.90 Å². The molecule has 0 radical (unpaired) electrons. The fourth-order valence-corrected chi connectivity index (χ4v) is 3.52. The smallest absolute Gasteiger partial charge is 0.408 e. The van der Waals surface area contributed by atoms with E-state index in [4.69, 9.17) is 4.74 Å². The largest absolute Gasteiger partial charge is 0.493 e. The number of nitrogens with one attached hydrogen (secondary N) is 1. The number of urea groups is 1. The highest BCUT2D eigenvalue weighted by Gasteiger charge is 2.43. The van der Waals surface area contributed by atoms with E-state index >= 15 is 0 Å². The predicted molar refractivity (Wildman–Crippen MR) is 116 cm³/mol. The molecule has 3 heterocycles. The highest BCUT2D eigenvalue weighted by Crippen LogP contribution is 2.33. The van der Waals surface area contributed by atoms with E-state index in [9.17, 15) is 36.2 Å². The minimum atomic E-state index is -5.06. The van der Waals surface area contributed by atoms with Gasteiger partial charge in [0, 0.05) is 37.3 Å². The molecule has 0 aliphatic carbocycles. The van der Waals surface area contributed by atoms with Crippen molar-refractivity contribution in [2.75, 3.05) is 13.7 Å². The summed E-state index contributed by atoms with van der Waals surface area (Å²) < 4.78 is 83.9. The molecule has 1 unspecified atom stereocenters. The Morgan fingerprint density at radius 3 is 2.56 bits per heavy atom. The van der Waals surface area contributed by atoms with Crippen LogP contribution in [-0.2, 0) is 6.54 Å². The maximum absolute atomic E-state index is 13.2. The molecule has 2 amide bonds. The van der Waals surface area contributed by atoms with Gasteiger partial charge < -0.3 is 20.1 Å². The van der Waals surface area contributed by atoms with Crippen LogP contribution in [0.15, 0.2) is 36.7 Å². The average Bonchev–Trinajstić information content (AvgIpc) is 3.27. The quantitative estimate of drug-likeness (QED) is 0.413. The average molecular weight is 519 g/mol. The molecule has 0 fully saturated rings. The SMILES string of the molecule is CCN(Cc1cnc(O)c(-c2cc(OC)n3nccc3c2)c1)C(=O)NC(CCC(F)(F)F)C(F)(F)F. The maximum Gasteiger partial charge on any atom is 0.408 e. The van der Waals surface area contributed by atoms with E-state index in [-0.39, 0.29) is 24.5 Å². The van der Waals surface area contributed by atoms with Crippen molar-refractivity contribution in [3.05, 3.63) is 42.2 Å². The van der Waals surface area contributed by atoms with Crippen molar-refractivity contribution in [3.63, 3.8) is 0 Å². The van der Waals surface area contributed by atoms with Gasteiger partial charge in [-0.25, -0.2) is 14.3 Å². The van der Waals surface area contributed by atoms with E-state index in [1.165, 1.54) is 30.8 Å². The lowest BCUT2D eigenvalue weighted by Gasteiger charge is -2.27. The summed E-state index contributed by atoms with van der Waals surface area (Å²) in [5.41, 5.74) is 1.79. The van der Waals surface area contributed by atoms with Crippen LogP contribution in [0, 0.1) is 0 Å². The van der Waals surface area contributed by atoms with E-state index < -0.39 is 37.3 Å². The van der Waals surface area contributed by atoms with Crippen LogP contribution in [0.25, 0.3) is 16.6 Å². The highest BCUT2D eigenvalue weighted by atomic mass is 19.4. The van der Waals surface area contributed by atoms with Crippen LogP contribution in [-0.4, -0.2) is 62.7 Å². The summed E-state index contributed by atoms with van der Waals surface area (Å²) in [4.78, 5) is 17.4. The lowest BCUT2D eigenvalue weighted by atomic mass is 10.1. The molecule has 0 aliphatic rings. The van der Waals surface area contributed by atoms with E-state index in [2.05, 4.69) is 10.1 Å². The van der Waals surface area contributed by atoms with Crippen LogP contribution in [0.4, 0.5) is 31.1 Å². The summed E-state index contributed by atoms with van der Waals surface area (Å²) in [5, 5.41) is 16.1. The number of aromatic hydroxyl groups is 1. The van der Waals surface area contributed by atoms with Gasteiger partial charge in [-0.2, -0.15) is 31.4 Å². The molecule has 8 nitrogen and oxygen atoms in total. The molecule has 2 N–H and O–H groups in total. The predicted octanol–water partition coefficient (Wildman–Crippen LogP) is 4.92. The summed E-state index contributed by atoms with van der Waals surface area (Å²) in [7, 11) is 1.44. The molecule has 0 aliphatic heterocycles. The van der Waals surface area contributed by atoms with Crippen molar-refractivity contribution in [2.24, 2.45) is 0 Å². The second-order valence-electron chi connectivity index (χ2n) is 7.88. The summed E-state index contributed by atoms with van der Waals surface area (Å²) >= 11 is 0. The number of nitrogens with zero attached hydrogens (tertiary/aromatic N) is 4. The number of hydrogen-bond donors (Lipinski definition) is 2. The maximum atomic E-state index is 13.2. The van der Waals surface area contributed by atoms with Gasteiger partial charge in [0.25, 0.3) is 0 Å². The first-order chi connectivity index (χ1) is 16.8. The van der Waals surface area contributed by atoms with Gasteiger partial charge in [0.05, 0.1) is 18.8 Å². The first-order valence-electron chi connectivity index (χ1n) is 10.7. The van der Waals surface area contributed by atoms with Crippen LogP contribution in [0.3, 0.4) is 0 Å². The molecule has 0 spiro atoms. The number of halogens is 6. The number of carbonyl (C=O) groups excluding carboxylic acids is 1. The molecule has 0 saturated carbocycles. The number of hydrogen-bond acceptors (Lipinski definition) is 5. The fraction of sp³-hybridized carbons (Fsp3) is 0.409. The van der Waals surface area contributed by atoms with E-state index in [1.807, 2.05) is 0 Å². The zero-order valence-electron chi connectivity index (χ0n) is 19.2. The number of alkyl halides is 6. The Bertz CT molecular complexity index is 1210. The summed E-state index contributed by atoms with van der Waals surface area (Å²) in [6.07, 6.45) is -10.1. The minimum absolute atomic E-state index is 0.0402. The van der Waals surface area contributed by atoms with Gasteiger partial charge in [-0.15, -0.1) is 0 Å². The molecule has 3 aromatic rings. The van der Waals surface area contributed by atoms with Gasteiger partial charge in [0.1, 0.15) is 6.04 Å². The molecule has 196 valence electrons. The molecule has 0 saturated heterocycles. The molecule has 1 atom stereocenters. The molecule has 14 heteroatoms. The summed E-state index contributed by atoms with van der Waals surface area (Å²) in [5.74, 6) is 0.0327. The van der Waals surface area contributed by atoms with Gasteiger partial charge in [-0.3, -0.25) is 0 Å². The lowest BCUT2D eigenvalue weighted by Crippen LogP contribution is -2.50. The number of amides is 2. The van der Waals surface area contributed by atoms with Crippen LogP contribution >= 0.6 is 0 Å². The molecule has 36 heavy (non-hydrogen) atoms. The number of methoxy groups -OCH3 is 1. The summed E-state index contributed by atoms with van der Waals surface area (Å²) in [6, 6.07) is 2.67. The first kappa shape index (κ1) is 26.9. The van der Waals surface area contributed by atoms with Crippen LogP contribution in [0.5, 0.6) is 11.8 Å². The van der Waals surface area contributed by atoms with Crippen molar-refractivity contribution in [1.82, 2.24) is 24.8 Å². The minimum Gasteiger partial charge on any atom is -0.493 e.